The molecule has 114 valence electrons. The maximum Gasteiger partial charge on any atom is 0.227 e. The summed E-state index contributed by atoms with van der Waals surface area (Å²) in [5, 5.41) is 0. The zero-order chi connectivity index (χ0) is 15.5. The summed E-state index contributed by atoms with van der Waals surface area (Å²) in [4.78, 5) is 14.4. The van der Waals surface area contributed by atoms with Crippen molar-refractivity contribution in [1.82, 2.24) is 4.90 Å². The molecule has 0 aromatic heterocycles. The van der Waals surface area contributed by atoms with Crippen molar-refractivity contribution in [2.24, 2.45) is 5.73 Å². The number of rotatable bonds is 3. The molecule has 0 bridgehead atoms. The second-order valence-electron chi connectivity index (χ2n) is 5.75. The summed E-state index contributed by atoms with van der Waals surface area (Å²) in [6.07, 6.45) is 0.412. The monoisotopic (exact) mass is 358 g/mol. The SMILES string of the molecule is N[C@@H]1CN(C(=O)Cc2ccccc2Br)C[C@H]1c1ccccc1. The number of carbonyl (C=O) groups excluding carboxylic acids is 1. The largest absolute Gasteiger partial charge is 0.340 e. The van der Waals surface area contributed by atoms with E-state index in [0.717, 1.165) is 10.0 Å². The molecule has 2 N–H and O–H groups in total. The highest BCUT2D eigenvalue weighted by Crippen LogP contribution is 2.27. The van der Waals surface area contributed by atoms with E-state index in [2.05, 4.69) is 28.1 Å². The highest BCUT2D eigenvalue weighted by atomic mass is 79.9. The Kier molecular flexibility index (Phi) is 4.60. The average molecular weight is 359 g/mol. The van der Waals surface area contributed by atoms with Crippen LogP contribution in [0.2, 0.25) is 0 Å². The number of likely N-dealkylation sites (tertiary alicyclic amines) is 1. The number of benzene rings is 2. The van der Waals surface area contributed by atoms with Crippen molar-refractivity contribution in [3.05, 3.63) is 70.2 Å². The van der Waals surface area contributed by atoms with Crippen LogP contribution >= 0.6 is 15.9 Å². The Morgan fingerprint density at radius 2 is 1.77 bits per heavy atom. The van der Waals surface area contributed by atoms with Gasteiger partial charge in [0.25, 0.3) is 0 Å². The van der Waals surface area contributed by atoms with Crippen LogP contribution in [0.25, 0.3) is 0 Å². The quantitative estimate of drug-likeness (QED) is 0.916. The second-order valence-corrected chi connectivity index (χ2v) is 6.60. The van der Waals surface area contributed by atoms with Gasteiger partial charge >= 0.3 is 0 Å². The molecule has 1 aliphatic rings. The van der Waals surface area contributed by atoms with E-state index < -0.39 is 0 Å². The fourth-order valence-electron chi connectivity index (χ4n) is 3.00. The first-order valence-electron chi connectivity index (χ1n) is 7.47. The van der Waals surface area contributed by atoms with E-state index in [-0.39, 0.29) is 17.9 Å². The van der Waals surface area contributed by atoms with Crippen LogP contribution in [0.4, 0.5) is 0 Å². The maximum absolute atomic E-state index is 12.5. The van der Waals surface area contributed by atoms with Crippen molar-refractivity contribution < 1.29 is 4.79 Å². The molecule has 2 aromatic rings. The molecule has 22 heavy (non-hydrogen) atoms. The Morgan fingerprint density at radius 1 is 1.09 bits per heavy atom. The maximum atomic E-state index is 12.5. The molecule has 3 nitrogen and oxygen atoms in total. The van der Waals surface area contributed by atoms with E-state index in [0.29, 0.717) is 19.5 Å². The Hall–Kier alpha value is -1.65. The molecule has 0 spiro atoms. The van der Waals surface area contributed by atoms with Crippen molar-refractivity contribution in [3.63, 3.8) is 0 Å². The lowest BCUT2D eigenvalue weighted by Crippen LogP contribution is -2.33. The number of hydrogen-bond acceptors (Lipinski definition) is 2. The van der Waals surface area contributed by atoms with E-state index in [1.807, 2.05) is 47.4 Å². The van der Waals surface area contributed by atoms with Gasteiger partial charge in [-0.05, 0) is 17.2 Å². The minimum Gasteiger partial charge on any atom is -0.340 e. The molecule has 0 saturated carbocycles. The summed E-state index contributed by atoms with van der Waals surface area (Å²) in [7, 11) is 0. The third kappa shape index (κ3) is 3.23. The third-order valence-corrected chi connectivity index (χ3v) is 5.02. The predicted molar refractivity (Wildman–Crippen MR) is 91.6 cm³/mol. The summed E-state index contributed by atoms with van der Waals surface area (Å²) in [6.45, 7) is 1.33. The smallest absolute Gasteiger partial charge is 0.227 e. The number of nitrogens with two attached hydrogens (primary N) is 1. The fourth-order valence-corrected chi connectivity index (χ4v) is 3.43. The average Bonchev–Trinajstić information content (AvgIpc) is 2.92. The predicted octanol–water partition coefficient (Wildman–Crippen LogP) is 2.94. The summed E-state index contributed by atoms with van der Waals surface area (Å²) in [6, 6.07) is 18.1. The molecule has 1 fully saturated rings. The van der Waals surface area contributed by atoms with E-state index in [1.54, 1.807) is 0 Å². The van der Waals surface area contributed by atoms with Crippen LogP contribution in [0, 0.1) is 0 Å². The molecule has 0 aliphatic carbocycles. The summed E-state index contributed by atoms with van der Waals surface area (Å²) >= 11 is 3.50. The minimum atomic E-state index is 0.00515. The van der Waals surface area contributed by atoms with Crippen LogP contribution in [0.5, 0.6) is 0 Å². The summed E-state index contributed by atoms with van der Waals surface area (Å²) < 4.78 is 0.978. The molecule has 2 aromatic carbocycles. The van der Waals surface area contributed by atoms with Gasteiger partial charge in [0.15, 0.2) is 0 Å². The zero-order valence-corrected chi connectivity index (χ0v) is 13.9. The van der Waals surface area contributed by atoms with E-state index in [1.165, 1.54) is 5.56 Å². The summed E-state index contributed by atoms with van der Waals surface area (Å²) in [5.41, 5.74) is 8.49. The van der Waals surface area contributed by atoms with Crippen molar-refractivity contribution in [1.29, 1.82) is 0 Å². The van der Waals surface area contributed by atoms with Crippen molar-refractivity contribution in [2.45, 2.75) is 18.4 Å². The number of amides is 1. The highest BCUT2D eigenvalue weighted by Gasteiger charge is 2.33. The normalized spacial score (nSPS) is 21.1. The van der Waals surface area contributed by atoms with Crippen LogP contribution < -0.4 is 5.73 Å². The molecule has 0 unspecified atom stereocenters. The molecule has 1 amide bonds. The van der Waals surface area contributed by atoms with Crippen molar-refractivity contribution in [2.75, 3.05) is 13.1 Å². The van der Waals surface area contributed by atoms with Crippen LogP contribution in [0.1, 0.15) is 17.0 Å². The van der Waals surface area contributed by atoms with Crippen molar-refractivity contribution >= 4 is 21.8 Å². The molecular formula is C18H19BrN2O. The van der Waals surface area contributed by atoms with Crippen LogP contribution in [0.15, 0.2) is 59.1 Å². The van der Waals surface area contributed by atoms with Crippen LogP contribution in [-0.2, 0) is 11.2 Å². The van der Waals surface area contributed by atoms with Crippen molar-refractivity contribution in [3.8, 4) is 0 Å². The fraction of sp³-hybridized carbons (Fsp3) is 0.278. The minimum absolute atomic E-state index is 0.00515. The van der Waals surface area contributed by atoms with E-state index in [9.17, 15) is 4.79 Å². The zero-order valence-electron chi connectivity index (χ0n) is 12.3. The standard InChI is InChI=1S/C18H19BrN2O/c19-16-9-5-4-8-14(16)10-18(22)21-11-15(17(20)12-21)13-6-2-1-3-7-13/h1-9,15,17H,10-12,20H2/t15-,17+/m0/s1. The number of nitrogens with zero attached hydrogens (tertiary/aromatic N) is 1. The van der Waals surface area contributed by atoms with Gasteiger partial charge in [0, 0.05) is 29.5 Å². The van der Waals surface area contributed by atoms with E-state index in [4.69, 9.17) is 5.73 Å². The molecule has 1 saturated heterocycles. The number of carbonyl (C=O) groups is 1. The lowest BCUT2D eigenvalue weighted by Gasteiger charge is -2.17. The van der Waals surface area contributed by atoms with Gasteiger partial charge in [0.2, 0.25) is 5.91 Å². The Bertz CT molecular complexity index is 659. The van der Waals surface area contributed by atoms with Gasteiger partial charge in [-0.25, -0.2) is 0 Å². The number of halogens is 1. The molecule has 1 aliphatic heterocycles. The highest BCUT2D eigenvalue weighted by molar-refractivity contribution is 9.10. The van der Waals surface area contributed by atoms with Gasteiger partial charge in [-0.2, -0.15) is 0 Å². The number of hydrogen-bond donors (Lipinski definition) is 1. The van der Waals surface area contributed by atoms with Crippen LogP contribution in [0.3, 0.4) is 0 Å². The lowest BCUT2D eigenvalue weighted by molar-refractivity contribution is -0.129. The van der Waals surface area contributed by atoms with Gasteiger partial charge in [-0.3, -0.25) is 4.79 Å². The van der Waals surface area contributed by atoms with Gasteiger partial charge in [-0.15, -0.1) is 0 Å². The molecule has 1 heterocycles. The first-order valence-corrected chi connectivity index (χ1v) is 8.26. The Balaban J connectivity index is 1.69. The third-order valence-electron chi connectivity index (χ3n) is 4.25. The summed E-state index contributed by atoms with van der Waals surface area (Å²) in [5.74, 6) is 0.366. The second kappa shape index (κ2) is 6.63. The molecule has 3 rings (SSSR count). The molecule has 0 radical (unpaired) electrons. The van der Waals surface area contributed by atoms with E-state index >= 15 is 0 Å². The Labute approximate surface area is 139 Å². The first-order chi connectivity index (χ1) is 10.6. The topological polar surface area (TPSA) is 46.3 Å². The first kappa shape index (κ1) is 15.3. The van der Waals surface area contributed by atoms with Gasteiger partial charge in [0.05, 0.1) is 6.42 Å². The lowest BCUT2D eigenvalue weighted by atomic mass is 9.95. The van der Waals surface area contributed by atoms with Gasteiger partial charge in [0.1, 0.15) is 0 Å². The molecule has 4 heteroatoms. The molecule has 2 atom stereocenters. The van der Waals surface area contributed by atoms with Gasteiger partial charge < -0.3 is 10.6 Å². The molecular weight excluding hydrogens is 340 g/mol. The van der Waals surface area contributed by atoms with Gasteiger partial charge in [-0.1, -0.05) is 64.5 Å². The Morgan fingerprint density at radius 3 is 2.50 bits per heavy atom. The van der Waals surface area contributed by atoms with Crippen LogP contribution in [-0.4, -0.2) is 29.9 Å².